The van der Waals surface area contributed by atoms with Gasteiger partial charge < -0.3 is 5.11 Å². The minimum Gasteiger partial charge on any atom is -0.376 e. The van der Waals surface area contributed by atoms with E-state index in [4.69, 9.17) is 11.6 Å². The lowest BCUT2D eigenvalue weighted by molar-refractivity contribution is -0.258. The number of aliphatic hydroxyl groups is 1. The van der Waals surface area contributed by atoms with Gasteiger partial charge in [0.25, 0.3) is 10.0 Å². The van der Waals surface area contributed by atoms with Crippen molar-refractivity contribution >= 4 is 27.3 Å². The van der Waals surface area contributed by atoms with E-state index in [2.05, 4.69) is 0 Å². The van der Waals surface area contributed by atoms with E-state index in [1.165, 1.54) is 30.3 Å². The fraction of sp³-hybridized carbons (Fsp3) is 0.294. The first-order valence-corrected chi connectivity index (χ1v) is 9.41. The zero-order chi connectivity index (χ0) is 19.8. The second kappa shape index (κ2) is 7.09. The number of alkyl halides is 3. The molecule has 0 bridgehead atoms. The molecule has 1 N–H and O–H groups in total. The maximum atomic E-state index is 12.9. The van der Waals surface area contributed by atoms with E-state index in [1.807, 2.05) is 0 Å². The Labute approximate surface area is 154 Å². The van der Waals surface area contributed by atoms with Gasteiger partial charge in [-0.1, -0.05) is 35.9 Å². The van der Waals surface area contributed by atoms with Crippen molar-refractivity contribution in [3.05, 3.63) is 59.1 Å². The number of hydrogen-bond acceptors (Lipinski definition) is 3. The first-order valence-electron chi connectivity index (χ1n) is 7.60. The topological polar surface area (TPSA) is 57.6 Å². The fourth-order valence-corrected chi connectivity index (χ4v) is 4.35. The van der Waals surface area contributed by atoms with Gasteiger partial charge in [0.15, 0.2) is 5.60 Å². The molecule has 0 aromatic heterocycles. The van der Waals surface area contributed by atoms with Crippen LogP contribution in [0.2, 0.25) is 5.02 Å². The van der Waals surface area contributed by atoms with Crippen LogP contribution in [0.3, 0.4) is 0 Å². The summed E-state index contributed by atoms with van der Waals surface area (Å²) in [6.45, 7) is 2.27. The Bertz CT molecular complexity index is 881. The predicted molar refractivity (Wildman–Crippen MR) is 93.7 cm³/mol. The van der Waals surface area contributed by atoms with Crippen molar-refractivity contribution in [1.29, 1.82) is 0 Å². The van der Waals surface area contributed by atoms with E-state index in [9.17, 15) is 26.7 Å². The molecule has 0 aliphatic carbocycles. The van der Waals surface area contributed by atoms with Gasteiger partial charge in [0.1, 0.15) is 4.90 Å². The summed E-state index contributed by atoms with van der Waals surface area (Å²) in [7, 11) is -3.99. The monoisotopic (exact) mass is 407 g/mol. The number of hydrogen-bond donors (Lipinski definition) is 1. The third-order valence-electron chi connectivity index (χ3n) is 3.96. The molecule has 142 valence electrons. The van der Waals surface area contributed by atoms with E-state index in [0.29, 0.717) is 6.92 Å². The Morgan fingerprint density at radius 3 is 2.08 bits per heavy atom. The molecule has 1 unspecified atom stereocenters. The van der Waals surface area contributed by atoms with Gasteiger partial charge in [-0.05, 0) is 43.7 Å². The van der Waals surface area contributed by atoms with Gasteiger partial charge >= 0.3 is 6.18 Å². The maximum Gasteiger partial charge on any atom is 0.421 e. The van der Waals surface area contributed by atoms with Crippen LogP contribution in [0.5, 0.6) is 0 Å². The van der Waals surface area contributed by atoms with Crippen molar-refractivity contribution in [2.24, 2.45) is 0 Å². The number of anilines is 1. The molecule has 0 fully saturated rings. The van der Waals surface area contributed by atoms with Crippen LogP contribution < -0.4 is 4.31 Å². The summed E-state index contributed by atoms with van der Waals surface area (Å²) >= 11 is 5.97. The van der Waals surface area contributed by atoms with Gasteiger partial charge in [0.2, 0.25) is 0 Å². The fourth-order valence-electron chi connectivity index (χ4n) is 2.38. The highest BCUT2D eigenvalue weighted by Crippen LogP contribution is 2.39. The summed E-state index contributed by atoms with van der Waals surface area (Å²) in [5, 5.41) is 9.75. The zero-order valence-electron chi connectivity index (χ0n) is 14.0. The molecule has 2 aromatic carbocycles. The quantitative estimate of drug-likeness (QED) is 0.802. The Morgan fingerprint density at radius 2 is 1.62 bits per heavy atom. The van der Waals surface area contributed by atoms with Gasteiger partial charge in [-0.2, -0.15) is 13.2 Å². The standard InChI is InChI=1S/C17H17ClF3NO3S/c1-3-22(26(24,25)15-7-5-4-6-14(15)18)13-10-8-12(9-11-13)16(2,23)17(19,20)21/h4-11,23H,3H2,1-2H3. The lowest BCUT2D eigenvalue weighted by Gasteiger charge is -2.28. The molecule has 26 heavy (non-hydrogen) atoms. The molecule has 1 atom stereocenters. The predicted octanol–water partition coefficient (Wildman–Crippen LogP) is 4.33. The summed E-state index contributed by atoms with van der Waals surface area (Å²) in [4.78, 5) is -0.102. The molecule has 0 heterocycles. The Kier molecular flexibility index (Phi) is 5.60. The summed E-state index contributed by atoms with van der Waals surface area (Å²) in [5.74, 6) is 0. The smallest absolute Gasteiger partial charge is 0.376 e. The number of halogens is 4. The van der Waals surface area contributed by atoms with Gasteiger partial charge in [-0.15, -0.1) is 0 Å². The minimum atomic E-state index is -4.86. The van der Waals surface area contributed by atoms with Crippen molar-refractivity contribution in [3.8, 4) is 0 Å². The van der Waals surface area contributed by atoms with E-state index >= 15 is 0 Å². The molecule has 0 saturated carbocycles. The molecular formula is C17H17ClF3NO3S. The van der Waals surface area contributed by atoms with E-state index < -0.39 is 21.8 Å². The second-order valence-electron chi connectivity index (χ2n) is 5.72. The molecule has 0 spiro atoms. The molecule has 0 amide bonds. The number of nitrogens with zero attached hydrogens (tertiary/aromatic N) is 1. The summed E-state index contributed by atoms with van der Waals surface area (Å²) in [6.07, 6.45) is -4.86. The lowest BCUT2D eigenvalue weighted by Crippen LogP contribution is -2.39. The SMILES string of the molecule is CCN(c1ccc(C(C)(O)C(F)(F)F)cc1)S(=O)(=O)c1ccccc1Cl. The highest BCUT2D eigenvalue weighted by atomic mass is 35.5. The average Bonchev–Trinajstić information content (AvgIpc) is 2.55. The average molecular weight is 408 g/mol. The van der Waals surface area contributed by atoms with Crippen molar-refractivity contribution in [3.63, 3.8) is 0 Å². The third-order valence-corrected chi connectivity index (χ3v) is 6.36. The highest BCUT2D eigenvalue weighted by Gasteiger charge is 2.51. The van der Waals surface area contributed by atoms with Crippen LogP contribution in [-0.2, 0) is 15.6 Å². The minimum absolute atomic E-state index is 0.0441. The van der Waals surface area contributed by atoms with Crippen molar-refractivity contribution in [2.45, 2.75) is 30.5 Å². The number of benzene rings is 2. The Hall–Kier alpha value is -1.77. The van der Waals surface area contributed by atoms with E-state index in [-0.39, 0.29) is 27.7 Å². The molecular weight excluding hydrogens is 391 g/mol. The molecule has 2 aromatic rings. The molecule has 0 aliphatic heterocycles. The third kappa shape index (κ3) is 3.67. The maximum absolute atomic E-state index is 12.9. The van der Waals surface area contributed by atoms with Gasteiger partial charge in [0, 0.05) is 6.54 Å². The summed E-state index contributed by atoms with van der Waals surface area (Å²) < 4.78 is 65.5. The summed E-state index contributed by atoms with van der Waals surface area (Å²) in [5.41, 5.74) is -3.27. The van der Waals surface area contributed by atoms with Gasteiger partial charge in [-0.3, -0.25) is 4.31 Å². The Balaban J connectivity index is 2.45. The van der Waals surface area contributed by atoms with Crippen LogP contribution in [0.25, 0.3) is 0 Å². The van der Waals surface area contributed by atoms with E-state index in [0.717, 1.165) is 16.4 Å². The van der Waals surface area contributed by atoms with Crippen LogP contribution in [0.4, 0.5) is 18.9 Å². The van der Waals surface area contributed by atoms with Gasteiger partial charge in [-0.25, -0.2) is 8.42 Å². The highest BCUT2D eigenvalue weighted by molar-refractivity contribution is 7.93. The first-order chi connectivity index (χ1) is 11.9. The number of rotatable bonds is 5. The lowest BCUT2D eigenvalue weighted by atomic mass is 9.95. The van der Waals surface area contributed by atoms with Crippen LogP contribution in [0.15, 0.2) is 53.4 Å². The van der Waals surface area contributed by atoms with E-state index in [1.54, 1.807) is 13.0 Å². The normalized spacial score (nSPS) is 14.7. The Morgan fingerprint density at radius 1 is 1.08 bits per heavy atom. The molecule has 0 radical (unpaired) electrons. The van der Waals surface area contributed by atoms with Crippen LogP contribution in [-0.4, -0.2) is 26.2 Å². The molecule has 4 nitrogen and oxygen atoms in total. The zero-order valence-corrected chi connectivity index (χ0v) is 15.5. The largest absolute Gasteiger partial charge is 0.421 e. The molecule has 0 saturated heterocycles. The number of sulfonamides is 1. The molecule has 9 heteroatoms. The van der Waals surface area contributed by atoms with Crippen LogP contribution >= 0.6 is 11.6 Å². The van der Waals surface area contributed by atoms with Crippen molar-refractivity contribution in [1.82, 2.24) is 0 Å². The molecule has 0 aliphatic rings. The van der Waals surface area contributed by atoms with Crippen LogP contribution in [0, 0.1) is 0 Å². The first kappa shape index (κ1) is 20.5. The van der Waals surface area contributed by atoms with Crippen molar-refractivity contribution in [2.75, 3.05) is 10.8 Å². The van der Waals surface area contributed by atoms with Gasteiger partial charge in [0.05, 0.1) is 10.7 Å². The van der Waals surface area contributed by atoms with Crippen molar-refractivity contribution < 1.29 is 26.7 Å². The van der Waals surface area contributed by atoms with Crippen LogP contribution in [0.1, 0.15) is 19.4 Å². The second-order valence-corrected chi connectivity index (χ2v) is 7.95. The molecule has 2 rings (SSSR count). The summed E-state index contributed by atoms with van der Waals surface area (Å²) in [6, 6.07) is 10.4.